The highest BCUT2D eigenvalue weighted by atomic mass is 28.2. The van der Waals surface area contributed by atoms with Crippen LogP contribution in [0.25, 0.3) is 0 Å². The molecule has 0 heterocycles. The van der Waals surface area contributed by atoms with Gasteiger partial charge in [0.25, 0.3) is 0 Å². The van der Waals surface area contributed by atoms with Gasteiger partial charge in [0.15, 0.2) is 0 Å². The first-order valence-electron chi connectivity index (χ1n) is 3.67. The predicted octanol–water partition coefficient (Wildman–Crippen LogP) is 2.18. The Morgan fingerprint density at radius 1 is 1.36 bits per heavy atom. The van der Waals surface area contributed by atoms with Crippen molar-refractivity contribution in [2.24, 2.45) is 0 Å². The Balaban J connectivity index is 2.62. The molecule has 2 heteroatoms. The number of hydrogen-bond donors (Lipinski definition) is 0. The molecule has 0 bridgehead atoms. The SMILES string of the molecule is C[Si]OCc1ccccc1C. The summed E-state index contributed by atoms with van der Waals surface area (Å²) in [5.74, 6) is 0. The van der Waals surface area contributed by atoms with Crippen LogP contribution in [0.1, 0.15) is 11.1 Å². The third kappa shape index (κ3) is 2.48. The molecule has 11 heavy (non-hydrogen) atoms. The van der Waals surface area contributed by atoms with Crippen molar-refractivity contribution in [1.82, 2.24) is 0 Å². The Bertz CT molecular complexity index is 223. The summed E-state index contributed by atoms with van der Waals surface area (Å²) in [6.07, 6.45) is 0. The van der Waals surface area contributed by atoms with E-state index in [2.05, 4.69) is 19.1 Å². The van der Waals surface area contributed by atoms with Gasteiger partial charge in [-0.05, 0) is 24.6 Å². The van der Waals surface area contributed by atoms with Crippen LogP contribution in [0.2, 0.25) is 6.55 Å². The molecule has 0 N–H and O–H groups in total. The van der Waals surface area contributed by atoms with Gasteiger partial charge in [-0.2, -0.15) is 0 Å². The molecule has 0 saturated carbocycles. The van der Waals surface area contributed by atoms with Crippen LogP contribution in [-0.2, 0) is 11.0 Å². The standard InChI is InChI=1S/C9H12OSi/c1-8-5-3-4-6-9(8)7-10-11-2/h3-6H,7H2,1-2H3. The van der Waals surface area contributed by atoms with E-state index < -0.39 is 0 Å². The molecule has 0 saturated heterocycles. The van der Waals surface area contributed by atoms with Crippen molar-refractivity contribution >= 4 is 9.76 Å². The van der Waals surface area contributed by atoms with Crippen molar-refractivity contribution in [3.05, 3.63) is 35.4 Å². The van der Waals surface area contributed by atoms with Crippen LogP contribution < -0.4 is 0 Å². The lowest BCUT2D eigenvalue weighted by molar-refractivity contribution is 0.326. The zero-order valence-corrected chi connectivity index (χ0v) is 7.92. The molecule has 0 atom stereocenters. The lowest BCUT2D eigenvalue weighted by Gasteiger charge is -2.03. The number of hydrogen-bond acceptors (Lipinski definition) is 1. The van der Waals surface area contributed by atoms with Crippen LogP contribution >= 0.6 is 0 Å². The molecule has 1 nitrogen and oxygen atoms in total. The third-order valence-corrected chi connectivity index (χ3v) is 2.07. The normalized spacial score (nSPS) is 10.0. The second-order valence-electron chi connectivity index (χ2n) is 2.42. The molecule has 0 aromatic heterocycles. The second kappa shape index (κ2) is 4.31. The Morgan fingerprint density at radius 2 is 2.09 bits per heavy atom. The fourth-order valence-corrected chi connectivity index (χ4v) is 1.22. The summed E-state index contributed by atoms with van der Waals surface area (Å²) in [7, 11) is 0.580. The van der Waals surface area contributed by atoms with Crippen molar-refractivity contribution in [3.8, 4) is 0 Å². The molecule has 58 valence electrons. The van der Waals surface area contributed by atoms with Crippen molar-refractivity contribution in [2.45, 2.75) is 20.1 Å². The molecule has 1 aromatic rings. The molecule has 2 radical (unpaired) electrons. The second-order valence-corrected chi connectivity index (χ2v) is 3.12. The van der Waals surface area contributed by atoms with E-state index in [0.717, 1.165) is 6.61 Å². The smallest absolute Gasteiger partial charge is 0.226 e. The summed E-state index contributed by atoms with van der Waals surface area (Å²) in [6.45, 7) is 4.90. The molecule has 1 rings (SSSR count). The first kappa shape index (κ1) is 8.49. The molecular formula is C9H12OSi. The van der Waals surface area contributed by atoms with Gasteiger partial charge in [-0.3, -0.25) is 0 Å². The third-order valence-electron chi connectivity index (χ3n) is 1.63. The van der Waals surface area contributed by atoms with Crippen LogP contribution in [0.4, 0.5) is 0 Å². The van der Waals surface area contributed by atoms with Gasteiger partial charge in [0.1, 0.15) is 0 Å². The summed E-state index contributed by atoms with van der Waals surface area (Å²) < 4.78 is 5.33. The Labute approximate surface area is 70.3 Å². The van der Waals surface area contributed by atoms with Crippen LogP contribution in [0, 0.1) is 6.92 Å². The highest BCUT2D eigenvalue weighted by Gasteiger charge is 1.94. The summed E-state index contributed by atoms with van der Waals surface area (Å²) in [5.41, 5.74) is 2.60. The minimum absolute atomic E-state index is 0.580. The predicted molar refractivity (Wildman–Crippen MR) is 47.6 cm³/mol. The van der Waals surface area contributed by atoms with Crippen molar-refractivity contribution in [2.75, 3.05) is 0 Å². The quantitative estimate of drug-likeness (QED) is 0.622. The Hall–Kier alpha value is -0.603. The van der Waals surface area contributed by atoms with E-state index in [1.165, 1.54) is 11.1 Å². The Kier molecular flexibility index (Phi) is 3.33. The highest BCUT2D eigenvalue weighted by Crippen LogP contribution is 2.07. The first-order chi connectivity index (χ1) is 5.34. The Morgan fingerprint density at radius 3 is 2.73 bits per heavy atom. The topological polar surface area (TPSA) is 9.23 Å². The number of rotatable bonds is 3. The zero-order valence-electron chi connectivity index (χ0n) is 6.92. The summed E-state index contributed by atoms with van der Waals surface area (Å²) in [4.78, 5) is 0. The average molecular weight is 164 g/mol. The molecule has 0 aliphatic rings. The number of aryl methyl sites for hydroxylation is 1. The van der Waals surface area contributed by atoms with Crippen LogP contribution in [0.5, 0.6) is 0 Å². The lowest BCUT2D eigenvalue weighted by Crippen LogP contribution is -1.96. The van der Waals surface area contributed by atoms with Gasteiger partial charge in [-0.25, -0.2) is 0 Å². The summed E-state index contributed by atoms with van der Waals surface area (Å²) in [5, 5.41) is 0. The van der Waals surface area contributed by atoms with Crippen LogP contribution in [-0.4, -0.2) is 9.76 Å². The minimum atomic E-state index is 0.580. The van der Waals surface area contributed by atoms with Gasteiger partial charge in [0.05, 0.1) is 6.61 Å². The van der Waals surface area contributed by atoms with E-state index >= 15 is 0 Å². The summed E-state index contributed by atoms with van der Waals surface area (Å²) in [6, 6.07) is 8.31. The van der Waals surface area contributed by atoms with Gasteiger partial charge >= 0.3 is 0 Å². The van der Waals surface area contributed by atoms with Crippen LogP contribution in [0.15, 0.2) is 24.3 Å². The molecule has 0 aliphatic heterocycles. The average Bonchev–Trinajstić information content (AvgIpc) is 2.03. The van der Waals surface area contributed by atoms with E-state index in [1.54, 1.807) is 0 Å². The van der Waals surface area contributed by atoms with Gasteiger partial charge in [-0.1, -0.05) is 24.3 Å². The first-order valence-corrected chi connectivity index (χ1v) is 5.08. The van der Waals surface area contributed by atoms with Crippen molar-refractivity contribution < 1.29 is 4.43 Å². The van der Waals surface area contributed by atoms with Gasteiger partial charge < -0.3 is 4.43 Å². The monoisotopic (exact) mass is 164 g/mol. The van der Waals surface area contributed by atoms with E-state index in [4.69, 9.17) is 4.43 Å². The maximum atomic E-state index is 5.33. The summed E-state index contributed by atoms with van der Waals surface area (Å²) >= 11 is 0. The van der Waals surface area contributed by atoms with E-state index in [9.17, 15) is 0 Å². The lowest BCUT2D eigenvalue weighted by atomic mass is 10.1. The van der Waals surface area contributed by atoms with Gasteiger partial charge in [0, 0.05) is 0 Å². The molecule has 0 aliphatic carbocycles. The minimum Gasteiger partial charge on any atom is -0.413 e. The maximum absolute atomic E-state index is 5.33. The van der Waals surface area contributed by atoms with Crippen molar-refractivity contribution in [1.29, 1.82) is 0 Å². The fourth-order valence-electron chi connectivity index (χ4n) is 0.922. The van der Waals surface area contributed by atoms with Crippen LogP contribution in [0.3, 0.4) is 0 Å². The molecule has 0 fully saturated rings. The van der Waals surface area contributed by atoms with E-state index in [0.29, 0.717) is 9.76 Å². The molecular weight excluding hydrogens is 152 g/mol. The largest absolute Gasteiger partial charge is 0.413 e. The molecule has 0 amide bonds. The fraction of sp³-hybridized carbons (Fsp3) is 0.333. The molecule has 0 unspecified atom stereocenters. The van der Waals surface area contributed by atoms with Gasteiger partial charge in [0.2, 0.25) is 9.76 Å². The van der Waals surface area contributed by atoms with Crippen molar-refractivity contribution in [3.63, 3.8) is 0 Å². The maximum Gasteiger partial charge on any atom is 0.226 e. The zero-order chi connectivity index (χ0) is 8.10. The highest BCUT2D eigenvalue weighted by molar-refractivity contribution is 6.24. The molecule has 1 aromatic carbocycles. The van der Waals surface area contributed by atoms with Gasteiger partial charge in [-0.15, -0.1) is 0 Å². The number of benzene rings is 1. The molecule has 0 spiro atoms. The van der Waals surface area contributed by atoms with E-state index in [1.807, 2.05) is 18.7 Å². The van der Waals surface area contributed by atoms with E-state index in [-0.39, 0.29) is 0 Å².